The fourth-order valence-corrected chi connectivity index (χ4v) is 4.60. The molecule has 3 aromatic heterocycles. The highest BCUT2D eigenvalue weighted by Crippen LogP contribution is 2.39. The second-order valence-corrected chi connectivity index (χ2v) is 9.36. The predicted octanol–water partition coefficient (Wildman–Crippen LogP) is 5.05. The Balaban J connectivity index is 1.75. The number of nitrogens with one attached hydrogen (secondary N) is 1. The molecule has 1 unspecified atom stereocenters. The van der Waals surface area contributed by atoms with Crippen molar-refractivity contribution in [3.63, 3.8) is 0 Å². The lowest BCUT2D eigenvalue weighted by Gasteiger charge is -2.30. The molecule has 5 rings (SSSR count). The number of aliphatic hydroxyl groups is 1. The Kier molecular flexibility index (Phi) is 6.12. The predicted molar refractivity (Wildman–Crippen MR) is 140 cm³/mol. The molecule has 0 radical (unpaired) electrons. The van der Waals surface area contributed by atoms with Crippen molar-refractivity contribution in [2.24, 2.45) is 7.05 Å². The van der Waals surface area contributed by atoms with Gasteiger partial charge in [-0.2, -0.15) is 0 Å². The van der Waals surface area contributed by atoms with Crippen molar-refractivity contribution in [2.75, 3.05) is 0 Å². The van der Waals surface area contributed by atoms with Crippen LogP contribution in [0.2, 0.25) is 5.15 Å². The van der Waals surface area contributed by atoms with Gasteiger partial charge in [-0.1, -0.05) is 35.9 Å². The second kappa shape index (κ2) is 9.26. The Hall–Kier alpha value is -3.94. The van der Waals surface area contributed by atoms with Crippen LogP contribution in [0.3, 0.4) is 0 Å². The highest BCUT2D eigenvalue weighted by Gasteiger charge is 2.37. The molecule has 0 amide bonds. The summed E-state index contributed by atoms with van der Waals surface area (Å²) in [6, 6.07) is 18.1. The van der Waals surface area contributed by atoms with E-state index < -0.39 is 5.60 Å². The smallest absolute Gasteiger partial charge is 0.249 e. The summed E-state index contributed by atoms with van der Waals surface area (Å²) in [5.41, 5.74) is 2.10. The number of halogens is 1. The molecule has 0 saturated heterocycles. The Morgan fingerprint density at radius 2 is 1.86 bits per heavy atom. The maximum absolute atomic E-state index is 12.5. The average molecular weight is 501 g/mol. The molecule has 8 heteroatoms. The number of aromatic nitrogens is 4. The second-order valence-electron chi connectivity index (χ2n) is 8.97. The van der Waals surface area contributed by atoms with Gasteiger partial charge in [0.25, 0.3) is 0 Å². The van der Waals surface area contributed by atoms with Gasteiger partial charge in [0.15, 0.2) is 5.60 Å². The summed E-state index contributed by atoms with van der Waals surface area (Å²) in [6.07, 6.45) is 4.83. The number of aryl methyl sites for hydroxylation is 1. The van der Waals surface area contributed by atoms with Crippen molar-refractivity contribution in [2.45, 2.75) is 25.6 Å². The maximum Gasteiger partial charge on any atom is 0.249 e. The standard InChI is InChI=1S/C28H25ClN4O3/c1-17(2)36-21-6-4-5-18(11-21)22-13-27(34)32-24-9-7-19(12-23(22)24)28(35,25-15-30-16-33(25)3)20-8-10-26(29)31-14-20/h4-17,35H,1-3H3,(H,32,34). The number of aromatic amines is 1. The SMILES string of the molecule is CC(C)Oc1cccc(-c2cc(=O)[nH]c3ccc(C(O)(c4ccc(Cl)nc4)c4cncn4C)cc23)c1. The van der Waals surface area contributed by atoms with Gasteiger partial charge < -0.3 is 19.4 Å². The average Bonchev–Trinajstić information content (AvgIpc) is 3.29. The lowest BCUT2D eigenvalue weighted by Crippen LogP contribution is -2.31. The molecule has 0 aliphatic heterocycles. The van der Waals surface area contributed by atoms with E-state index in [-0.39, 0.29) is 11.7 Å². The van der Waals surface area contributed by atoms with Gasteiger partial charge in [-0.05, 0) is 60.9 Å². The van der Waals surface area contributed by atoms with Crippen LogP contribution < -0.4 is 10.3 Å². The van der Waals surface area contributed by atoms with Crippen molar-refractivity contribution in [1.29, 1.82) is 0 Å². The molecule has 0 aliphatic rings. The number of pyridine rings is 2. The number of rotatable bonds is 6. The number of benzene rings is 2. The Morgan fingerprint density at radius 1 is 1.06 bits per heavy atom. The fourth-order valence-electron chi connectivity index (χ4n) is 4.48. The van der Waals surface area contributed by atoms with E-state index in [0.29, 0.717) is 33.2 Å². The van der Waals surface area contributed by atoms with Crippen LogP contribution in [0.4, 0.5) is 0 Å². The molecular formula is C28H25ClN4O3. The first-order valence-electron chi connectivity index (χ1n) is 11.5. The normalized spacial score (nSPS) is 13.2. The zero-order valence-electron chi connectivity index (χ0n) is 20.1. The van der Waals surface area contributed by atoms with Crippen LogP contribution in [0.15, 0.2) is 84.2 Å². The minimum Gasteiger partial charge on any atom is -0.491 e. The lowest BCUT2D eigenvalue weighted by atomic mass is 9.83. The first kappa shape index (κ1) is 23.8. The highest BCUT2D eigenvalue weighted by atomic mass is 35.5. The number of imidazole rings is 1. The van der Waals surface area contributed by atoms with Crippen LogP contribution in [0.5, 0.6) is 5.75 Å². The van der Waals surface area contributed by atoms with Gasteiger partial charge in [0, 0.05) is 35.8 Å². The maximum atomic E-state index is 12.5. The van der Waals surface area contributed by atoms with E-state index in [1.165, 1.54) is 0 Å². The van der Waals surface area contributed by atoms with E-state index in [9.17, 15) is 9.90 Å². The summed E-state index contributed by atoms with van der Waals surface area (Å²) < 4.78 is 7.64. The third-order valence-corrected chi connectivity index (χ3v) is 6.33. The summed E-state index contributed by atoms with van der Waals surface area (Å²) in [6.45, 7) is 3.93. The summed E-state index contributed by atoms with van der Waals surface area (Å²) in [7, 11) is 1.82. The molecule has 0 spiro atoms. The number of hydrogen-bond acceptors (Lipinski definition) is 5. The zero-order valence-corrected chi connectivity index (χ0v) is 20.8. The minimum atomic E-state index is -1.58. The molecule has 0 bridgehead atoms. The van der Waals surface area contributed by atoms with Crippen LogP contribution in [0, 0.1) is 0 Å². The van der Waals surface area contributed by atoms with Gasteiger partial charge >= 0.3 is 0 Å². The first-order chi connectivity index (χ1) is 17.3. The fraction of sp³-hybridized carbons (Fsp3) is 0.179. The van der Waals surface area contributed by atoms with E-state index in [1.807, 2.05) is 51.2 Å². The molecule has 0 saturated carbocycles. The van der Waals surface area contributed by atoms with Crippen molar-refractivity contribution < 1.29 is 9.84 Å². The molecule has 7 nitrogen and oxygen atoms in total. The molecular weight excluding hydrogens is 476 g/mol. The number of fused-ring (bicyclic) bond motifs is 1. The lowest BCUT2D eigenvalue weighted by molar-refractivity contribution is 0.117. The highest BCUT2D eigenvalue weighted by molar-refractivity contribution is 6.29. The van der Waals surface area contributed by atoms with Crippen molar-refractivity contribution >= 4 is 22.5 Å². The molecule has 5 aromatic rings. The minimum absolute atomic E-state index is 0.0182. The Morgan fingerprint density at radius 3 is 2.56 bits per heavy atom. The molecule has 2 N–H and O–H groups in total. The summed E-state index contributed by atoms with van der Waals surface area (Å²) in [5, 5.41) is 13.4. The van der Waals surface area contributed by atoms with Crippen LogP contribution in [0.25, 0.3) is 22.0 Å². The van der Waals surface area contributed by atoms with Crippen molar-refractivity contribution in [1.82, 2.24) is 19.5 Å². The Bertz CT molecular complexity index is 1610. The number of H-pyrrole nitrogens is 1. The van der Waals surface area contributed by atoms with Gasteiger partial charge in [0.1, 0.15) is 10.9 Å². The van der Waals surface area contributed by atoms with E-state index in [4.69, 9.17) is 16.3 Å². The molecule has 182 valence electrons. The van der Waals surface area contributed by atoms with E-state index in [2.05, 4.69) is 15.0 Å². The number of ether oxygens (including phenoxy) is 1. The summed E-state index contributed by atoms with van der Waals surface area (Å²) in [5.74, 6) is 0.714. The van der Waals surface area contributed by atoms with Crippen molar-refractivity contribution in [3.8, 4) is 16.9 Å². The van der Waals surface area contributed by atoms with Crippen molar-refractivity contribution in [3.05, 3.63) is 112 Å². The summed E-state index contributed by atoms with van der Waals surface area (Å²) >= 11 is 6.04. The van der Waals surface area contributed by atoms with E-state index >= 15 is 0 Å². The van der Waals surface area contributed by atoms with Crippen LogP contribution in [-0.4, -0.2) is 30.7 Å². The third-order valence-electron chi connectivity index (χ3n) is 6.11. The Labute approximate surface area is 213 Å². The van der Waals surface area contributed by atoms with E-state index in [0.717, 1.165) is 16.5 Å². The largest absolute Gasteiger partial charge is 0.491 e. The van der Waals surface area contributed by atoms with Gasteiger partial charge in [-0.3, -0.25) is 4.79 Å². The first-order valence-corrected chi connectivity index (χ1v) is 11.9. The van der Waals surface area contributed by atoms with E-state index in [1.54, 1.807) is 53.6 Å². The van der Waals surface area contributed by atoms with Crippen LogP contribution in [-0.2, 0) is 12.6 Å². The molecule has 0 aliphatic carbocycles. The van der Waals surface area contributed by atoms with Crippen LogP contribution in [0.1, 0.15) is 30.7 Å². The van der Waals surface area contributed by atoms with Gasteiger partial charge in [0.2, 0.25) is 5.56 Å². The van der Waals surface area contributed by atoms with Gasteiger partial charge in [-0.15, -0.1) is 0 Å². The topological polar surface area (TPSA) is 93.0 Å². The van der Waals surface area contributed by atoms with Gasteiger partial charge in [-0.25, -0.2) is 9.97 Å². The zero-order chi connectivity index (χ0) is 25.4. The number of nitrogens with zero attached hydrogens (tertiary/aromatic N) is 3. The molecule has 3 heterocycles. The molecule has 2 aromatic carbocycles. The number of hydrogen-bond donors (Lipinski definition) is 2. The quantitative estimate of drug-likeness (QED) is 0.318. The molecule has 0 fully saturated rings. The molecule has 36 heavy (non-hydrogen) atoms. The van der Waals surface area contributed by atoms with Gasteiger partial charge in [0.05, 0.1) is 24.3 Å². The molecule has 1 atom stereocenters. The summed E-state index contributed by atoms with van der Waals surface area (Å²) in [4.78, 5) is 23.9. The third kappa shape index (κ3) is 4.27. The van der Waals surface area contributed by atoms with Crippen LogP contribution >= 0.6 is 11.6 Å². The monoisotopic (exact) mass is 500 g/mol.